The van der Waals surface area contributed by atoms with E-state index in [0.29, 0.717) is 12.6 Å². The number of nitrogens with one attached hydrogen (secondary N) is 3. The molecule has 1 aliphatic rings. The van der Waals surface area contributed by atoms with Gasteiger partial charge in [-0.1, -0.05) is 13.8 Å². The number of hydrogen-bond acceptors (Lipinski definition) is 5. The van der Waals surface area contributed by atoms with Crippen molar-refractivity contribution >= 4 is 12.1 Å². The van der Waals surface area contributed by atoms with Gasteiger partial charge in [0.05, 0.1) is 18.2 Å². The van der Waals surface area contributed by atoms with E-state index in [0.717, 1.165) is 57.9 Å². The third-order valence-corrected chi connectivity index (χ3v) is 5.72. The fraction of sp³-hybridized carbons (Fsp3) is 0.913. The number of amides is 1. The fourth-order valence-corrected chi connectivity index (χ4v) is 3.60. The van der Waals surface area contributed by atoms with Crippen LogP contribution in [0, 0.1) is 0 Å². The SMILES string of the molecule is CCC(CC)(CNC(=NC)NC1CCN(CCOC(C)C)CC1)NC(=O)OC(C)(C)C. The summed E-state index contributed by atoms with van der Waals surface area (Å²) in [5, 5.41) is 10.0. The highest BCUT2D eigenvalue weighted by Gasteiger charge is 2.31. The molecule has 8 heteroatoms. The molecule has 0 bridgehead atoms. The van der Waals surface area contributed by atoms with E-state index in [1.54, 1.807) is 7.05 Å². The maximum absolute atomic E-state index is 12.3. The third kappa shape index (κ3) is 11.1. The lowest BCUT2D eigenvalue weighted by Gasteiger charge is -2.36. The van der Waals surface area contributed by atoms with E-state index < -0.39 is 5.60 Å². The highest BCUT2D eigenvalue weighted by molar-refractivity contribution is 5.80. The number of aliphatic imine (C=N–C) groups is 1. The van der Waals surface area contributed by atoms with Crippen LogP contribution in [0.15, 0.2) is 4.99 Å². The number of piperidine rings is 1. The molecule has 8 nitrogen and oxygen atoms in total. The Morgan fingerprint density at radius 2 is 1.77 bits per heavy atom. The van der Waals surface area contributed by atoms with Gasteiger partial charge in [0.25, 0.3) is 0 Å². The summed E-state index contributed by atoms with van der Waals surface area (Å²) in [5.41, 5.74) is -0.905. The number of likely N-dealkylation sites (tertiary alicyclic amines) is 1. The molecule has 0 spiro atoms. The van der Waals surface area contributed by atoms with Gasteiger partial charge in [0, 0.05) is 39.3 Å². The zero-order valence-electron chi connectivity index (χ0n) is 21.1. The Kier molecular flexibility index (Phi) is 11.6. The van der Waals surface area contributed by atoms with Gasteiger partial charge in [-0.15, -0.1) is 0 Å². The lowest BCUT2D eigenvalue weighted by atomic mass is 9.93. The van der Waals surface area contributed by atoms with Gasteiger partial charge in [-0.25, -0.2) is 4.79 Å². The Morgan fingerprint density at radius 1 is 1.16 bits per heavy atom. The average molecular weight is 442 g/mol. The minimum absolute atomic E-state index is 0.289. The highest BCUT2D eigenvalue weighted by Crippen LogP contribution is 2.16. The molecule has 1 heterocycles. The second-order valence-electron chi connectivity index (χ2n) is 9.72. The molecule has 1 fully saturated rings. The van der Waals surface area contributed by atoms with E-state index in [1.165, 1.54) is 0 Å². The summed E-state index contributed by atoms with van der Waals surface area (Å²) < 4.78 is 11.1. The molecule has 1 rings (SSSR count). The first-order chi connectivity index (χ1) is 14.5. The van der Waals surface area contributed by atoms with Crippen LogP contribution in [-0.4, -0.2) is 80.1 Å². The largest absolute Gasteiger partial charge is 0.444 e. The molecular weight excluding hydrogens is 394 g/mol. The predicted octanol–water partition coefficient (Wildman–Crippen LogP) is 3.12. The number of guanidine groups is 1. The molecule has 1 saturated heterocycles. The Hall–Kier alpha value is -1.54. The van der Waals surface area contributed by atoms with Crippen molar-refractivity contribution in [2.75, 3.05) is 39.8 Å². The quantitative estimate of drug-likeness (QED) is 0.357. The maximum atomic E-state index is 12.3. The Labute approximate surface area is 189 Å². The molecule has 1 amide bonds. The van der Waals surface area contributed by atoms with E-state index in [9.17, 15) is 4.79 Å². The van der Waals surface area contributed by atoms with E-state index >= 15 is 0 Å². The first kappa shape index (κ1) is 27.5. The summed E-state index contributed by atoms with van der Waals surface area (Å²) in [6.07, 6.45) is 3.65. The van der Waals surface area contributed by atoms with Gasteiger partial charge < -0.3 is 30.3 Å². The minimum Gasteiger partial charge on any atom is -0.444 e. The summed E-state index contributed by atoms with van der Waals surface area (Å²) in [7, 11) is 1.79. The number of nitrogens with zero attached hydrogens (tertiary/aromatic N) is 2. The van der Waals surface area contributed by atoms with Gasteiger partial charge in [0.1, 0.15) is 5.60 Å². The molecule has 0 saturated carbocycles. The van der Waals surface area contributed by atoms with E-state index in [-0.39, 0.29) is 17.7 Å². The average Bonchev–Trinajstić information content (AvgIpc) is 2.69. The topological polar surface area (TPSA) is 87.2 Å². The number of rotatable bonds is 10. The van der Waals surface area contributed by atoms with Gasteiger partial charge in [0.15, 0.2) is 5.96 Å². The van der Waals surface area contributed by atoms with Crippen LogP contribution in [0.5, 0.6) is 0 Å². The van der Waals surface area contributed by atoms with Crippen molar-refractivity contribution in [1.82, 2.24) is 20.9 Å². The molecule has 0 radical (unpaired) electrons. The zero-order chi connectivity index (χ0) is 23.5. The molecule has 182 valence electrons. The molecule has 0 aromatic rings. The van der Waals surface area contributed by atoms with E-state index in [4.69, 9.17) is 9.47 Å². The van der Waals surface area contributed by atoms with Crippen molar-refractivity contribution in [3.8, 4) is 0 Å². The minimum atomic E-state index is -0.516. The van der Waals surface area contributed by atoms with Crippen molar-refractivity contribution in [1.29, 1.82) is 0 Å². The van der Waals surface area contributed by atoms with E-state index in [1.807, 2.05) is 20.8 Å². The monoisotopic (exact) mass is 441 g/mol. The number of alkyl carbamates (subject to hydrolysis) is 1. The van der Waals surface area contributed by atoms with Crippen molar-refractivity contribution in [3.05, 3.63) is 0 Å². The van der Waals surface area contributed by atoms with Crippen LogP contribution in [-0.2, 0) is 9.47 Å². The van der Waals surface area contributed by atoms with Crippen molar-refractivity contribution < 1.29 is 14.3 Å². The van der Waals surface area contributed by atoms with Crippen LogP contribution in [0.2, 0.25) is 0 Å². The standard InChI is InChI=1S/C23H47N5O3/c1-9-23(10-2,27-21(29)31-22(5,6)7)17-25-20(24-8)26-19-11-13-28(14-12-19)15-16-30-18(3)4/h18-19H,9-17H2,1-8H3,(H,27,29)(H2,24,25,26). The Morgan fingerprint density at radius 3 is 2.26 bits per heavy atom. The van der Waals surface area contributed by atoms with Crippen LogP contribution >= 0.6 is 0 Å². The molecule has 0 aromatic heterocycles. The highest BCUT2D eigenvalue weighted by atomic mass is 16.6. The van der Waals surface area contributed by atoms with Crippen molar-refractivity contribution in [2.45, 2.75) is 97.4 Å². The van der Waals surface area contributed by atoms with Gasteiger partial charge in [-0.05, 0) is 60.3 Å². The molecule has 0 atom stereocenters. The third-order valence-electron chi connectivity index (χ3n) is 5.72. The summed E-state index contributed by atoms with van der Waals surface area (Å²) in [5.74, 6) is 0.777. The second kappa shape index (κ2) is 13.1. The van der Waals surface area contributed by atoms with Crippen LogP contribution < -0.4 is 16.0 Å². The lowest BCUT2D eigenvalue weighted by molar-refractivity contribution is 0.0448. The van der Waals surface area contributed by atoms with Gasteiger partial charge in [-0.2, -0.15) is 0 Å². The maximum Gasteiger partial charge on any atom is 0.408 e. The summed E-state index contributed by atoms with van der Waals surface area (Å²) >= 11 is 0. The molecule has 0 unspecified atom stereocenters. The fourth-order valence-electron chi connectivity index (χ4n) is 3.60. The molecule has 31 heavy (non-hydrogen) atoms. The molecule has 0 aromatic carbocycles. The zero-order valence-corrected chi connectivity index (χ0v) is 21.1. The summed E-state index contributed by atoms with van der Waals surface area (Å²) in [4.78, 5) is 19.2. The second-order valence-corrected chi connectivity index (χ2v) is 9.72. The predicted molar refractivity (Wildman–Crippen MR) is 128 cm³/mol. The summed E-state index contributed by atoms with van der Waals surface area (Å²) in [6.45, 7) is 18.4. The van der Waals surface area contributed by atoms with E-state index in [2.05, 4.69) is 53.5 Å². The van der Waals surface area contributed by atoms with Gasteiger partial charge >= 0.3 is 6.09 Å². The normalized spacial score (nSPS) is 17.0. The number of carbonyl (C=O) groups is 1. The molecular formula is C23H47N5O3. The first-order valence-electron chi connectivity index (χ1n) is 11.8. The summed E-state index contributed by atoms with van der Waals surface area (Å²) in [6, 6.07) is 0.393. The molecule has 1 aliphatic heterocycles. The van der Waals surface area contributed by atoms with Crippen molar-refractivity contribution in [3.63, 3.8) is 0 Å². The Balaban J connectivity index is 2.50. The Bertz CT molecular complexity index is 548. The molecule has 3 N–H and O–H groups in total. The lowest BCUT2D eigenvalue weighted by Crippen LogP contribution is -2.58. The van der Waals surface area contributed by atoms with Gasteiger partial charge in [0.2, 0.25) is 0 Å². The van der Waals surface area contributed by atoms with Crippen LogP contribution in [0.25, 0.3) is 0 Å². The van der Waals surface area contributed by atoms with Crippen molar-refractivity contribution in [2.24, 2.45) is 4.99 Å². The first-order valence-corrected chi connectivity index (χ1v) is 11.8. The number of ether oxygens (including phenoxy) is 2. The number of hydrogen-bond donors (Lipinski definition) is 3. The number of carbonyl (C=O) groups excluding carboxylic acids is 1. The van der Waals surface area contributed by atoms with Crippen LogP contribution in [0.3, 0.4) is 0 Å². The molecule has 0 aliphatic carbocycles. The smallest absolute Gasteiger partial charge is 0.408 e. The van der Waals surface area contributed by atoms with Gasteiger partial charge in [-0.3, -0.25) is 4.99 Å². The van der Waals surface area contributed by atoms with Crippen LogP contribution in [0.1, 0.15) is 74.1 Å². The van der Waals surface area contributed by atoms with Crippen LogP contribution in [0.4, 0.5) is 4.79 Å².